The molecule has 1 aromatic rings. The minimum atomic E-state index is -0.572. The van der Waals surface area contributed by atoms with Crippen LogP contribution in [0.2, 0.25) is 0 Å². The van der Waals surface area contributed by atoms with Crippen LogP contribution in [0.4, 0.5) is 0 Å². The van der Waals surface area contributed by atoms with Gasteiger partial charge in [-0.1, -0.05) is 87.3 Å². The number of hydrogen-bond donors (Lipinski definition) is 0. The molecule has 0 aliphatic rings. The maximum Gasteiger partial charge on any atom is 0.338 e. The average Bonchev–Trinajstić information content (AvgIpc) is 3.03. The van der Waals surface area contributed by atoms with E-state index in [1.165, 1.54) is 6.07 Å². The van der Waals surface area contributed by atoms with Gasteiger partial charge in [-0.2, -0.15) is 0 Å². The van der Waals surface area contributed by atoms with Crippen molar-refractivity contribution in [2.45, 2.75) is 112 Å². The second-order valence-electron chi connectivity index (χ2n) is 13.3. The molecule has 0 spiro atoms. The van der Waals surface area contributed by atoms with Gasteiger partial charge in [0.15, 0.2) is 0 Å². The molecular formula is C37H56O8. The van der Waals surface area contributed by atoms with Gasteiger partial charge in [-0.3, -0.25) is 0 Å². The molecule has 0 saturated carbocycles. The molecule has 45 heavy (non-hydrogen) atoms. The number of unbranched alkanes of at least 4 members (excludes halogenated alkanes) is 2. The van der Waals surface area contributed by atoms with E-state index in [-0.39, 0.29) is 43.0 Å². The molecule has 0 N–H and O–H groups in total. The first kappa shape index (κ1) is 39.6. The zero-order valence-corrected chi connectivity index (χ0v) is 29.0. The molecule has 0 heterocycles. The molecule has 0 aliphatic heterocycles. The molecule has 0 saturated heterocycles. The van der Waals surface area contributed by atoms with Gasteiger partial charge in [-0.25, -0.2) is 19.2 Å². The van der Waals surface area contributed by atoms with E-state index >= 15 is 0 Å². The number of benzene rings is 1. The number of carbonyl (C=O) groups is 4. The maximum absolute atomic E-state index is 13.5. The fourth-order valence-corrected chi connectivity index (χ4v) is 4.76. The van der Waals surface area contributed by atoms with Gasteiger partial charge in [0.1, 0.15) is 26.4 Å². The topological polar surface area (TPSA) is 105 Å². The van der Waals surface area contributed by atoms with Crippen molar-refractivity contribution in [1.29, 1.82) is 0 Å². The van der Waals surface area contributed by atoms with Crippen LogP contribution < -0.4 is 0 Å². The smallest absolute Gasteiger partial charge is 0.338 e. The van der Waals surface area contributed by atoms with Gasteiger partial charge >= 0.3 is 23.9 Å². The fourth-order valence-electron chi connectivity index (χ4n) is 4.76. The van der Waals surface area contributed by atoms with Crippen molar-refractivity contribution < 1.29 is 38.1 Å². The van der Waals surface area contributed by atoms with Gasteiger partial charge in [0.05, 0.1) is 11.1 Å². The lowest BCUT2D eigenvalue weighted by atomic mass is 9.81. The van der Waals surface area contributed by atoms with E-state index in [2.05, 4.69) is 27.0 Å². The molecule has 8 heteroatoms. The highest BCUT2D eigenvalue weighted by molar-refractivity contribution is 5.96. The first-order chi connectivity index (χ1) is 21.1. The molecule has 0 radical (unpaired) electrons. The fraction of sp³-hybridized carbons (Fsp3) is 0.622. The standard InChI is InChI=1S/C37H56O8/c1-11-16-18-36(14-4,23-42-31(38)13-3)25-44-33(40)28-20-29(22-30(21-28)35(8,9)10)34(41)45-26-37(15-5,19-17-12-2)24-43-32(39)27(6)7/h13,20-22H,3,6,11-12,14-19,23-26H2,1-2,4-5,7-10H3. The number of rotatable bonds is 20. The summed E-state index contributed by atoms with van der Waals surface area (Å²) in [6.07, 6.45) is 7.49. The van der Waals surface area contributed by atoms with Crippen molar-refractivity contribution in [3.05, 3.63) is 59.7 Å². The molecule has 0 aromatic heterocycles. The average molecular weight is 629 g/mol. The van der Waals surface area contributed by atoms with Gasteiger partial charge in [0.25, 0.3) is 0 Å². The Morgan fingerprint density at radius 2 is 1.13 bits per heavy atom. The van der Waals surface area contributed by atoms with Crippen molar-refractivity contribution in [2.24, 2.45) is 10.8 Å². The Kier molecular flexibility index (Phi) is 16.3. The minimum Gasteiger partial charge on any atom is -0.462 e. The normalized spacial score (nSPS) is 14.0. The van der Waals surface area contributed by atoms with Crippen LogP contribution in [0.5, 0.6) is 0 Å². The Balaban J connectivity index is 3.29. The van der Waals surface area contributed by atoms with E-state index in [0.29, 0.717) is 18.4 Å². The van der Waals surface area contributed by atoms with Crippen molar-refractivity contribution in [3.63, 3.8) is 0 Å². The first-order valence-electron chi connectivity index (χ1n) is 16.2. The Bertz CT molecular complexity index is 1180. The van der Waals surface area contributed by atoms with Gasteiger partial charge in [0.2, 0.25) is 0 Å². The van der Waals surface area contributed by atoms with Gasteiger partial charge in [-0.05, 0) is 61.8 Å². The Morgan fingerprint density at radius 1 is 0.711 bits per heavy atom. The van der Waals surface area contributed by atoms with E-state index in [1.807, 2.05) is 34.6 Å². The lowest BCUT2D eigenvalue weighted by molar-refractivity contribution is -0.144. The molecule has 2 unspecified atom stereocenters. The highest BCUT2D eigenvalue weighted by Crippen LogP contribution is 2.33. The SMILES string of the molecule is C=CC(=O)OCC(CC)(CCCC)COC(=O)c1cc(C(=O)OCC(CC)(CCCC)COC(=O)C(=C)C)cc(C(C)(C)C)c1. The molecule has 8 nitrogen and oxygen atoms in total. The van der Waals surface area contributed by atoms with Crippen molar-refractivity contribution in [1.82, 2.24) is 0 Å². The predicted molar refractivity (Wildman–Crippen MR) is 177 cm³/mol. The minimum absolute atomic E-state index is 0.0607. The molecule has 1 aromatic carbocycles. The van der Waals surface area contributed by atoms with Crippen LogP contribution in [0.25, 0.3) is 0 Å². The quantitative estimate of drug-likeness (QED) is 0.0806. The summed E-state index contributed by atoms with van der Waals surface area (Å²) in [6, 6.07) is 4.98. The van der Waals surface area contributed by atoms with Gasteiger partial charge in [0, 0.05) is 22.5 Å². The van der Waals surface area contributed by atoms with Crippen LogP contribution in [0.3, 0.4) is 0 Å². The van der Waals surface area contributed by atoms with Crippen molar-refractivity contribution in [3.8, 4) is 0 Å². The zero-order valence-electron chi connectivity index (χ0n) is 29.0. The Morgan fingerprint density at radius 3 is 1.49 bits per heavy atom. The van der Waals surface area contributed by atoms with Crippen molar-refractivity contribution >= 4 is 23.9 Å². The highest BCUT2D eigenvalue weighted by atomic mass is 16.6. The predicted octanol–water partition coefficient (Wildman–Crippen LogP) is 8.32. The summed E-state index contributed by atoms with van der Waals surface area (Å²) < 4.78 is 22.6. The van der Waals surface area contributed by atoms with Crippen molar-refractivity contribution in [2.75, 3.05) is 26.4 Å². The summed E-state index contributed by atoms with van der Waals surface area (Å²) in [5, 5.41) is 0. The van der Waals surface area contributed by atoms with Gasteiger partial charge in [-0.15, -0.1) is 0 Å². The van der Waals surface area contributed by atoms with Crippen LogP contribution in [-0.2, 0) is 34.0 Å². The number of carbonyl (C=O) groups excluding carboxylic acids is 4. The third-order valence-corrected chi connectivity index (χ3v) is 8.46. The lowest BCUT2D eigenvalue weighted by Gasteiger charge is -2.32. The second-order valence-corrected chi connectivity index (χ2v) is 13.3. The van der Waals surface area contributed by atoms with E-state index in [4.69, 9.17) is 18.9 Å². The third-order valence-electron chi connectivity index (χ3n) is 8.46. The lowest BCUT2D eigenvalue weighted by Crippen LogP contribution is -2.34. The molecule has 0 amide bonds. The number of hydrogen-bond acceptors (Lipinski definition) is 8. The number of ether oxygens (including phenoxy) is 4. The molecular weight excluding hydrogens is 572 g/mol. The largest absolute Gasteiger partial charge is 0.462 e. The maximum atomic E-state index is 13.5. The summed E-state index contributed by atoms with van der Waals surface area (Å²) in [5.74, 6) is -2.14. The molecule has 1 rings (SSSR count). The van der Waals surface area contributed by atoms with Crippen LogP contribution in [0, 0.1) is 10.8 Å². The highest BCUT2D eigenvalue weighted by Gasteiger charge is 2.34. The molecule has 2 atom stereocenters. The third kappa shape index (κ3) is 12.8. The summed E-state index contributed by atoms with van der Waals surface area (Å²) in [6.45, 7) is 23.2. The number of esters is 4. The van der Waals surface area contributed by atoms with E-state index < -0.39 is 34.7 Å². The summed E-state index contributed by atoms with van der Waals surface area (Å²) >= 11 is 0. The first-order valence-corrected chi connectivity index (χ1v) is 16.2. The second kappa shape index (κ2) is 18.5. The van der Waals surface area contributed by atoms with Crippen LogP contribution >= 0.6 is 0 Å². The Hall–Kier alpha value is -3.42. The molecule has 0 aliphatic carbocycles. The van der Waals surface area contributed by atoms with Crippen LogP contribution in [-0.4, -0.2) is 50.3 Å². The van der Waals surface area contributed by atoms with Crippen LogP contribution in [0.1, 0.15) is 133 Å². The van der Waals surface area contributed by atoms with E-state index in [9.17, 15) is 19.2 Å². The molecule has 0 bridgehead atoms. The van der Waals surface area contributed by atoms with Gasteiger partial charge < -0.3 is 18.9 Å². The van der Waals surface area contributed by atoms with Crippen LogP contribution in [0.15, 0.2) is 43.0 Å². The summed E-state index contributed by atoms with van der Waals surface area (Å²) in [5.41, 5.74) is 0.108. The molecule has 252 valence electrons. The zero-order chi connectivity index (χ0) is 34.3. The summed E-state index contributed by atoms with van der Waals surface area (Å²) in [7, 11) is 0. The summed E-state index contributed by atoms with van der Waals surface area (Å²) in [4.78, 5) is 50.9. The van der Waals surface area contributed by atoms with E-state index in [1.54, 1.807) is 19.1 Å². The monoisotopic (exact) mass is 628 g/mol. The van der Waals surface area contributed by atoms with E-state index in [0.717, 1.165) is 50.2 Å². The molecule has 0 fully saturated rings. The Labute approximate surface area is 270 Å².